The smallest absolute Gasteiger partial charge is 0.296 e. The van der Waals surface area contributed by atoms with Crippen LogP contribution in [0.1, 0.15) is 11.1 Å². The third kappa shape index (κ3) is 2.35. The van der Waals surface area contributed by atoms with Crippen LogP contribution in [0.15, 0.2) is 54.6 Å². The first-order valence-electron chi connectivity index (χ1n) is 6.52. The summed E-state index contributed by atoms with van der Waals surface area (Å²) in [6.07, 6.45) is 3.12. The van der Waals surface area contributed by atoms with E-state index in [0.29, 0.717) is 11.1 Å². The first kappa shape index (κ1) is 13.9. The van der Waals surface area contributed by atoms with Crippen LogP contribution >= 0.6 is 0 Å². The maximum absolute atomic E-state index is 13.0. The Bertz CT molecular complexity index is 770. The van der Waals surface area contributed by atoms with Gasteiger partial charge in [0.1, 0.15) is 5.82 Å². The Morgan fingerprint density at radius 3 is 2.45 bits per heavy atom. The first-order chi connectivity index (χ1) is 10.6. The summed E-state index contributed by atoms with van der Waals surface area (Å²) < 4.78 is 13.0. The first-order valence-corrected chi connectivity index (χ1v) is 6.52. The van der Waals surface area contributed by atoms with Gasteiger partial charge >= 0.3 is 0 Å². The van der Waals surface area contributed by atoms with Crippen LogP contribution in [0.3, 0.4) is 0 Å². The minimum atomic E-state index is -0.770. The predicted octanol–water partition coefficient (Wildman–Crippen LogP) is 2.06. The van der Waals surface area contributed by atoms with Crippen molar-refractivity contribution in [2.75, 3.05) is 0 Å². The van der Waals surface area contributed by atoms with E-state index < -0.39 is 23.4 Å². The van der Waals surface area contributed by atoms with Gasteiger partial charge in [-0.2, -0.15) is 0 Å². The quantitative estimate of drug-likeness (QED) is 0.881. The van der Waals surface area contributed by atoms with E-state index in [4.69, 9.17) is 0 Å². The Labute approximate surface area is 125 Å². The van der Waals surface area contributed by atoms with E-state index >= 15 is 0 Å². The third-order valence-electron chi connectivity index (χ3n) is 3.34. The van der Waals surface area contributed by atoms with Gasteiger partial charge in [-0.1, -0.05) is 18.2 Å². The Balaban J connectivity index is 1.92. The standard InChI is InChI=1S/C16H11FN2O3/c17-12-5-3-11(4-6-12)13-14(20)16(22)19(15(13)21)9-10-2-1-7-18-8-10/h1-8,20H,9H2. The van der Waals surface area contributed by atoms with E-state index in [2.05, 4.69) is 4.98 Å². The molecule has 3 rings (SSSR count). The molecule has 1 aliphatic heterocycles. The number of aliphatic hydroxyl groups excluding tert-OH is 1. The van der Waals surface area contributed by atoms with Crippen molar-refractivity contribution in [3.8, 4) is 0 Å². The van der Waals surface area contributed by atoms with Gasteiger partial charge in [-0.05, 0) is 29.3 Å². The third-order valence-corrected chi connectivity index (χ3v) is 3.34. The number of halogens is 1. The van der Waals surface area contributed by atoms with Crippen molar-refractivity contribution < 1.29 is 19.1 Å². The molecule has 2 aromatic rings. The number of carbonyl (C=O) groups excluding carboxylic acids is 2. The average molecular weight is 298 g/mol. The van der Waals surface area contributed by atoms with E-state index in [1.165, 1.54) is 18.3 Å². The summed E-state index contributed by atoms with van der Waals surface area (Å²) in [6, 6.07) is 8.43. The summed E-state index contributed by atoms with van der Waals surface area (Å²) in [6.45, 7) is 0.0141. The summed E-state index contributed by atoms with van der Waals surface area (Å²) in [5.41, 5.74) is 0.845. The van der Waals surface area contributed by atoms with Crippen molar-refractivity contribution in [3.63, 3.8) is 0 Å². The molecule has 6 heteroatoms. The Kier molecular flexibility index (Phi) is 3.42. The van der Waals surface area contributed by atoms with Gasteiger partial charge in [-0.3, -0.25) is 19.5 Å². The van der Waals surface area contributed by atoms with Gasteiger partial charge < -0.3 is 5.11 Å². The lowest BCUT2D eigenvalue weighted by molar-refractivity contribution is -0.138. The van der Waals surface area contributed by atoms with Crippen LogP contribution in [0.25, 0.3) is 5.57 Å². The van der Waals surface area contributed by atoms with Crippen LogP contribution in [0.5, 0.6) is 0 Å². The maximum atomic E-state index is 13.0. The lowest BCUT2D eigenvalue weighted by Gasteiger charge is -2.14. The second-order valence-electron chi connectivity index (χ2n) is 4.79. The Morgan fingerprint density at radius 2 is 1.82 bits per heavy atom. The van der Waals surface area contributed by atoms with E-state index in [1.807, 2.05) is 0 Å². The van der Waals surface area contributed by atoms with Crippen molar-refractivity contribution in [2.45, 2.75) is 6.54 Å². The number of benzene rings is 1. The van der Waals surface area contributed by atoms with Crippen LogP contribution < -0.4 is 0 Å². The molecule has 110 valence electrons. The number of rotatable bonds is 3. The molecule has 5 nitrogen and oxygen atoms in total. The molecular weight excluding hydrogens is 287 g/mol. The number of pyridine rings is 1. The normalized spacial score (nSPS) is 14.9. The SMILES string of the molecule is O=C1C(O)=C(c2ccc(F)cc2)C(=O)N1Cc1cccnc1. The molecule has 0 fully saturated rings. The molecule has 0 radical (unpaired) electrons. The summed E-state index contributed by atoms with van der Waals surface area (Å²) in [5.74, 6) is -2.47. The van der Waals surface area contributed by atoms with Crippen molar-refractivity contribution in [2.24, 2.45) is 0 Å². The summed E-state index contributed by atoms with van der Waals surface area (Å²) >= 11 is 0. The van der Waals surface area contributed by atoms with Crippen LogP contribution in [0.2, 0.25) is 0 Å². The van der Waals surface area contributed by atoms with Gasteiger partial charge in [-0.15, -0.1) is 0 Å². The monoisotopic (exact) mass is 298 g/mol. The van der Waals surface area contributed by atoms with Gasteiger partial charge in [0, 0.05) is 12.4 Å². The largest absolute Gasteiger partial charge is 0.502 e. The molecule has 1 aliphatic rings. The zero-order chi connectivity index (χ0) is 15.7. The summed E-state index contributed by atoms with van der Waals surface area (Å²) in [7, 11) is 0. The molecular formula is C16H11FN2O3. The second-order valence-corrected chi connectivity index (χ2v) is 4.79. The van der Waals surface area contributed by atoms with Crippen LogP contribution in [0.4, 0.5) is 4.39 Å². The van der Waals surface area contributed by atoms with Gasteiger partial charge in [-0.25, -0.2) is 4.39 Å². The highest BCUT2D eigenvalue weighted by atomic mass is 19.1. The molecule has 0 bridgehead atoms. The highest BCUT2D eigenvalue weighted by Crippen LogP contribution is 2.29. The molecule has 1 aromatic carbocycles. The lowest BCUT2D eigenvalue weighted by Crippen LogP contribution is -2.31. The van der Waals surface area contributed by atoms with Gasteiger partial charge in [0.2, 0.25) is 0 Å². The zero-order valence-electron chi connectivity index (χ0n) is 11.4. The summed E-state index contributed by atoms with van der Waals surface area (Å²) in [5, 5.41) is 9.96. The molecule has 0 atom stereocenters. The predicted molar refractivity (Wildman–Crippen MR) is 75.7 cm³/mol. The van der Waals surface area contributed by atoms with Gasteiger partial charge in [0.25, 0.3) is 11.8 Å². The van der Waals surface area contributed by atoms with E-state index in [1.54, 1.807) is 18.3 Å². The number of nitrogens with zero attached hydrogens (tertiary/aromatic N) is 2. The van der Waals surface area contributed by atoms with Crippen molar-refractivity contribution in [1.29, 1.82) is 0 Å². The molecule has 22 heavy (non-hydrogen) atoms. The van der Waals surface area contributed by atoms with E-state index in [0.717, 1.165) is 17.0 Å². The fourth-order valence-electron chi connectivity index (χ4n) is 2.26. The van der Waals surface area contributed by atoms with Crippen LogP contribution in [0, 0.1) is 5.82 Å². The van der Waals surface area contributed by atoms with Gasteiger partial charge in [0.15, 0.2) is 5.76 Å². The number of aromatic nitrogens is 1. The van der Waals surface area contributed by atoms with E-state index in [-0.39, 0.29) is 12.1 Å². The summed E-state index contributed by atoms with van der Waals surface area (Å²) in [4.78, 5) is 29.3. The van der Waals surface area contributed by atoms with Gasteiger partial charge in [0.05, 0.1) is 12.1 Å². The molecule has 0 aliphatic carbocycles. The van der Waals surface area contributed by atoms with E-state index in [9.17, 15) is 19.1 Å². The number of aliphatic hydroxyl groups is 1. The highest BCUT2D eigenvalue weighted by molar-refractivity contribution is 6.34. The highest BCUT2D eigenvalue weighted by Gasteiger charge is 2.39. The average Bonchev–Trinajstić information content (AvgIpc) is 2.73. The fraction of sp³-hybridized carbons (Fsp3) is 0.0625. The molecule has 1 N–H and O–H groups in total. The Hall–Kier alpha value is -3.02. The molecule has 0 saturated carbocycles. The topological polar surface area (TPSA) is 70.5 Å². The lowest BCUT2D eigenvalue weighted by atomic mass is 10.1. The number of carbonyl (C=O) groups is 2. The molecule has 2 amide bonds. The molecule has 0 saturated heterocycles. The minimum Gasteiger partial charge on any atom is -0.502 e. The number of hydrogen-bond acceptors (Lipinski definition) is 4. The second kappa shape index (κ2) is 5.40. The Morgan fingerprint density at radius 1 is 1.09 bits per heavy atom. The minimum absolute atomic E-state index is 0.0141. The molecule has 0 unspecified atom stereocenters. The number of imide groups is 1. The fourth-order valence-corrected chi connectivity index (χ4v) is 2.26. The van der Waals surface area contributed by atoms with Crippen molar-refractivity contribution in [1.82, 2.24) is 9.88 Å². The van der Waals surface area contributed by atoms with Crippen molar-refractivity contribution >= 4 is 17.4 Å². The zero-order valence-corrected chi connectivity index (χ0v) is 11.4. The number of amides is 2. The molecule has 0 spiro atoms. The molecule has 1 aromatic heterocycles. The van der Waals surface area contributed by atoms with Crippen molar-refractivity contribution in [3.05, 3.63) is 71.5 Å². The number of hydrogen-bond donors (Lipinski definition) is 1. The van der Waals surface area contributed by atoms with Crippen LogP contribution in [-0.2, 0) is 16.1 Å². The maximum Gasteiger partial charge on any atom is 0.296 e. The van der Waals surface area contributed by atoms with Crippen LogP contribution in [-0.4, -0.2) is 26.8 Å². The molecule has 2 heterocycles.